The molecule has 1 unspecified atom stereocenters. The first-order valence-electron chi connectivity index (χ1n) is 11.2. The van der Waals surface area contributed by atoms with Gasteiger partial charge in [0.2, 0.25) is 15.6 Å². The average molecular weight is 484 g/mol. The molecule has 0 spiro atoms. The first-order valence-corrected chi connectivity index (χ1v) is 12.6. The molecule has 1 amide bonds. The number of carbonyl (C=O) groups is 1. The maximum atomic E-state index is 13.5. The topological polar surface area (TPSA) is 109 Å². The van der Waals surface area contributed by atoms with Crippen LogP contribution in [-0.4, -0.2) is 49.9 Å². The summed E-state index contributed by atoms with van der Waals surface area (Å²) in [5.74, 6) is -0.444. The number of hydrogen-bond donors (Lipinski definition) is 2. The first-order chi connectivity index (χ1) is 16.1. The smallest absolute Gasteiger partial charge is 0.252 e. The van der Waals surface area contributed by atoms with Gasteiger partial charge in [-0.3, -0.25) is 9.59 Å². The van der Waals surface area contributed by atoms with Crippen LogP contribution in [0, 0.1) is 5.41 Å². The van der Waals surface area contributed by atoms with Crippen LogP contribution in [0.4, 0.5) is 0 Å². The number of aromatic nitrogens is 1. The van der Waals surface area contributed by atoms with Crippen LogP contribution in [0.5, 0.6) is 0 Å². The number of carbonyl (C=O) groups excluding carboxylic acids is 1. The van der Waals surface area contributed by atoms with Crippen LogP contribution in [0.25, 0.3) is 10.9 Å². The number of sulfonamides is 1. The molecule has 1 aliphatic rings. The Morgan fingerprint density at radius 1 is 1.06 bits per heavy atom. The van der Waals surface area contributed by atoms with E-state index in [0.717, 1.165) is 5.56 Å². The Bertz CT molecular complexity index is 1350. The summed E-state index contributed by atoms with van der Waals surface area (Å²) >= 11 is 0. The normalized spacial score (nSPS) is 16.3. The lowest BCUT2D eigenvalue weighted by molar-refractivity contribution is 0.0730. The molecule has 8 nitrogen and oxygen atoms in total. The number of rotatable bonds is 5. The SMILES string of the molecule is CC(C)(C)C(NC(=O)c1cc(=O)[nH]c2ccc(S(=O)(=O)N3CCOCC3)cc12)c1ccccc1. The fourth-order valence-electron chi connectivity index (χ4n) is 4.17. The minimum atomic E-state index is -3.77. The number of nitrogens with zero attached hydrogens (tertiary/aromatic N) is 1. The molecular formula is C25H29N3O5S. The van der Waals surface area contributed by atoms with Crippen LogP contribution in [0.15, 0.2) is 64.3 Å². The van der Waals surface area contributed by atoms with Crippen molar-refractivity contribution in [3.8, 4) is 0 Å². The Morgan fingerprint density at radius 2 is 1.74 bits per heavy atom. The number of fused-ring (bicyclic) bond motifs is 1. The van der Waals surface area contributed by atoms with Crippen molar-refractivity contribution < 1.29 is 17.9 Å². The summed E-state index contributed by atoms with van der Waals surface area (Å²) in [6.45, 7) is 7.27. The molecule has 2 N–H and O–H groups in total. The molecule has 4 rings (SSSR count). The quantitative estimate of drug-likeness (QED) is 0.580. The standard InChI is InChI=1S/C25H29N3O5S/c1-25(2,3)23(17-7-5-4-6-8-17)27-24(30)20-16-22(29)26-21-10-9-18(15-19(20)21)34(31,32)28-11-13-33-14-12-28/h4-10,15-16,23H,11-14H2,1-3H3,(H,26,29)(H,27,30). The molecule has 0 aliphatic carbocycles. The van der Waals surface area contributed by atoms with E-state index in [-0.39, 0.29) is 35.0 Å². The lowest BCUT2D eigenvalue weighted by Gasteiger charge is -2.32. The summed E-state index contributed by atoms with van der Waals surface area (Å²) in [5.41, 5.74) is 0.717. The molecule has 1 atom stereocenters. The molecule has 2 heterocycles. The van der Waals surface area contributed by atoms with E-state index >= 15 is 0 Å². The Balaban J connectivity index is 1.76. The molecule has 3 aromatic rings. The number of amides is 1. The van der Waals surface area contributed by atoms with Crippen LogP contribution in [-0.2, 0) is 14.8 Å². The molecule has 0 bridgehead atoms. The highest BCUT2D eigenvalue weighted by molar-refractivity contribution is 7.89. The second kappa shape index (κ2) is 9.32. The summed E-state index contributed by atoms with van der Waals surface area (Å²) in [6, 6.07) is 14.9. The zero-order chi connectivity index (χ0) is 24.5. The molecule has 1 fully saturated rings. The number of benzene rings is 2. The fraction of sp³-hybridized carbons (Fsp3) is 0.360. The zero-order valence-electron chi connectivity index (χ0n) is 19.5. The number of nitrogens with one attached hydrogen (secondary N) is 2. The number of pyridine rings is 1. The number of H-pyrrole nitrogens is 1. The van der Waals surface area contributed by atoms with E-state index in [0.29, 0.717) is 24.1 Å². The first kappa shape index (κ1) is 24.1. The molecule has 1 aliphatic heterocycles. The highest BCUT2D eigenvalue weighted by Crippen LogP contribution is 2.33. The molecule has 9 heteroatoms. The Labute approximate surface area is 199 Å². The van der Waals surface area contributed by atoms with Gasteiger partial charge in [-0.15, -0.1) is 0 Å². The van der Waals surface area contributed by atoms with Crippen molar-refractivity contribution in [2.45, 2.75) is 31.7 Å². The second-order valence-corrected chi connectivity index (χ2v) is 11.4. The third kappa shape index (κ3) is 4.91. The van der Waals surface area contributed by atoms with E-state index in [1.165, 1.54) is 28.6 Å². The highest BCUT2D eigenvalue weighted by Gasteiger charge is 2.30. The van der Waals surface area contributed by atoms with Crippen molar-refractivity contribution in [2.75, 3.05) is 26.3 Å². The van der Waals surface area contributed by atoms with Gasteiger partial charge in [-0.05, 0) is 29.2 Å². The third-order valence-corrected chi connectivity index (χ3v) is 7.84. The van der Waals surface area contributed by atoms with Gasteiger partial charge in [0.1, 0.15) is 0 Å². The highest BCUT2D eigenvalue weighted by atomic mass is 32.2. The Hall–Kier alpha value is -3.01. The lowest BCUT2D eigenvalue weighted by Crippen LogP contribution is -2.40. The van der Waals surface area contributed by atoms with Gasteiger partial charge in [-0.25, -0.2) is 8.42 Å². The fourth-order valence-corrected chi connectivity index (χ4v) is 5.61. The predicted molar refractivity (Wildman–Crippen MR) is 130 cm³/mol. The van der Waals surface area contributed by atoms with Crippen molar-refractivity contribution >= 4 is 26.8 Å². The van der Waals surface area contributed by atoms with Gasteiger partial charge in [0.15, 0.2) is 0 Å². The maximum absolute atomic E-state index is 13.5. The van der Waals surface area contributed by atoms with Crippen LogP contribution in [0.1, 0.15) is 42.7 Å². The molecule has 34 heavy (non-hydrogen) atoms. The predicted octanol–water partition coefficient (Wildman–Crippen LogP) is 3.07. The van der Waals surface area contributed by atoms with E-state index in [4.69, 9.17) is 4.74 Å². The molecular weight excluding hydrogens is 454 g/mol. The van der Waals surface area contributed by atoms with E-state index in [9.17, 15) is 18.0 Å². The second-order valence-electron chi connectivity index (χ2n) is 9.45. The van der Waals surface area contributed by atoms with Crippen LogP contribution >= 0.6 is 0 Å². The van der Waals surface area contributed by atoms with Gasteiger partial charge >= 0.3 is 0 Å². The van der Waals surface area contributed by atoms with Crippen molar-refractivity contribution in [1.82, 2.24) is 14.6 Å². The molecule has 2 aromatic carbocycles. The van der Waals surface area contributed by atoms with Gasteiger partial charge < -0.3 is 15.0 Å². The van der Waals surface area contributed by atoms with Gasteiger partial charge in [0.05, 0.1) is 29.7 Å². The Morgan fingerprint density at radius 3 is 2.38 bits per heavy atom. The zero-order valence-corrected chi connectivity index (χ0v) is 20.3. The van der Waals surface area contributed by atoms with E-state index < -0.39 is 21.5 Å². The summed E-state index contributed by atoms with van der Waals surface area (Å²) < 4.78 is 33.0. The number of hydrogen-bond acceptors (Lipinski definition) is 5. The van der Waals surface area contributed by atoms with Crippen molar-refractivity contribution in [3.63, 3.8) is 0 Å². The van der Waals surface area contributed by atoms with Gasteiger partial charge in [0, 0.05) is 30.1 Å². The number of morpholine rings is 1. The lowest BCUT2D eigenvalue weighted by atomic mass is 9.82. The molecule has 1 aromatic heterocycles. The summed E-state index contributed by atoms with van der Waals surface area (Å²) in [5, 5.41) is 3.43. The van der Waals surface area contributed by atoms with Crippen LogP contribution < -0.4 is 10.9 Å². The maximum Gasteiger partial charge on any atom is 0.252 e. The third-order valence-electron chi connectivity index (χ3n) is 5.94. The van der Waals surface area contributed by atoms with E-state index in [1.807, 2.05) is 51.1 Å². The Kier molecular flexibility index (Phi) is 6.62. The van der Waals surface area contributed by atoms with Crippen molar-refractivity contribution in [2.24, 2.45) is 5.41 Å². The number of aromatic amines is 1. The number of ether oxygens (including phenoxy) is 1. The largest absolute Gasteiger partial charge is 0.379 e. The average Bonchev–Trinajstić information content (AvgIpc) is 2.82. The molecule has 1 saturated heterocycles. The van der Waals surface area contributed by atoms with Crippen molar-refractivity contribution in [3.05, 3.63) is 76.1 Å². The van der Waals surface area contributed by atoms with Crippen LogP contribution in [0.3, 0.4) is 0 Å². The minimum absolute atomic E-state index is 0.0680. The van der Waals surface area contributed by atoms with Gasteiger partial charge in [0.25, 0.3) is 5.91 Å². The van der Waals surface area contributed by atoms with E-state index in [1.54, 1.807) is 0 Å². The molecule has 0 saturated carbocycles. The van der Waals surface area contributed by atoms with Crippen molar-refractivity contribution in [1.29, 1.82) is 0 Å². The van der Waals surface area contributed by atoms with Crippen LogP contribution in [0.2, 0.25) is 0 Å². The van der Waals surface area contributed by atoms with Gasteiger partial charge in [-0.1, -0.05) is 51.1 Å². The van der Waals surface area contributed by atoms with Gasteiger partial charge in [-0.2, -0.15) is 4.31 Å². The summed E-state index contributed by atoms with van der Waals surface area (Å²) in [6.07, 6.45) is 0. The monoisotopic (exact) mass is 483 g/mol. The molecule has 180 valence electrons. The summed E-state index contributed by atoms with van der Waals surface area (Å²) in [7, 11) is -3.77. The van der Waals surface area contributed by atoms with E-state index in [2.05, 4.69) is 10.3 Å². The molecule has 0 radical (unpaired) electrons. The minimum Gasteiger partial charge on any atom is -0.379 e. The summed E-state index contributed by atoms with van der Waals surface area (Å²) in [4.78, 5) is 28.5.